The third-order valence-corrected chi connectivity index (χ3v) is 7.23. The number of rotatable bonds is 11. The number of esters is 1. The van der Waals surface area contributed by atoms with Crippen LogP contribution in [0.3, 0.4) is 0 Å². The summed E-state index contributed by atoms with van der Waals surface area (Å²) in [4.78, 5) is 13.3. The first-order valence-electron chi connectivity index (χ1n) is 13.9. The van der Waals surface area contributed by atoms with Gasteiger partial charge in [-0.3, -0.25) is 0 Å². The number of aromatic nitrogens is 3. The summed E-state index contributed by atoms with van der Waals surface area (Å²) in [7, 11) is 0. The molecule has 9 N–H and O–H groups in total. The average molecular weight is 625 g/mol. The molecule has 15 nitrogen and oxygen atoms in total. The van der Waals surface area contributed by atoms with Crippen molar-refractivity contribution in [1.82, 2.24) is 15.0 Å². The molecule has 0 saturated heterocycles. The van der Waals surface area contributed by atoms with E-state index in [0.717, 1.165) is 30.3 Å². The van der Waals surface area contributed by atoms with E-state index in [4.69, 9.17) is 19.9 Å². The number of aromatic hydroxyl groups is 7. The van der Waals surface area contributed by atoms with E-state index < -0.39 is 35.4 Å². The third-order valence-electron chi connectivity index (χ3n) is 7.23. The second-order valence-corrected chi connectivity index (χ2v) is 10.4. The van der Waals surface area contributed by atoms with Gasteiger partial charge in [-0.25, -0.2) is 9.48 Å². The Balaban J connectivity index is 1.33. The molecular weight excluding hydrogens is 592 g/mol. The van der Waals surface area contributed by atoms with Crippen molar-refractivity contribution in [2.45, 2.75) is 38.0 Å². The number of benzene rings is 3. The van der Waals surface area contributed by atoms with Crippen LogP contribution in [0.2, 0.25) is 0 Å². The Morgan fingerprint density at radius 2 is 1.62 bits per heavy atom. The molecule has 3 aromatic carbocycles. The summed E-state index contributed by atoms with van der Waals surface area (Å²) in [6.07, 6.45) is -0.223. The maximum atomic E-state index is 13.3. The maximum Gasteiger partial charge on any atom is 0.338 e. The second kappa shape index (κ2) is 13.1. The van der Waals surface area contributed by atoms with Crippen molar-refractivity contribution in [3.63, 3.8) is 0 Å². The van der Waals surface area contributed by atoms with Gasteiger partial charge >= 0.3 is 5.97 Å². The number of hydrogen-bond donors (Lipinski definition) is 8. The van der Waals surface area contributed by atoms with Crippen LogP contribution in [0.4, 0.5) is 0 Å². The molecule has 1 aliphatic rings. The van der Waals surface area contributed by atoms with Crippen LogP contribution < -0.4 is 10.5 Å². The molecule has 238 valence electrons. The highest BCUT2D eigenvalue weighted by Gasteiger charge is 2.37. The van der Waals surface area contributed by atoms with Crippen LogP contribution in [0.5, 0.6) is 46.0 Å². The number of phenolic OH excluding ortho intramolecular Hbond substituents is 7. The Morgan fingerprint density at radius 3 is 2.31 bits per heavy atom. The van der Waals surface area contributed by atoms with E-state index in [0.29, 0.717) is 38.4 Å². The SMILES string of the molecule is NCCOCCn1cc(CCc2c(O)cc(C(=O)O[C@@H]3Cc4c(O)cc(O)cc4O[C@@H]3c3cc(O)c(O)c(O)c3)cc2O)nn1. The minimum Gasteiger partial charge on any atom is -0.508 e. The monoisotopic (exact) mass is 624 g/mol. The fraction of sp³-hybridized carbons (Fsp3) is 0.300. The number of ether oxygens (including phenoxy) is 3. The van der Waals surface area contributed by atoms with Crippen LogP contribution in [0.1, 0.15) is 38.8 Å². The number of phenols is 7. The van der Waals surface area contributed by atoms with Crippen LogP contribution in [0.25, 0.3) is 0 Å². The first-order valence-corrected chi connectivity index (χ1v) is 13.9. The molecule has 1 aromatic heterocycles. The molecule has 0 amide bonds. The minimum atomic E-state index is -1.18. The standard InChI is InChI=1S/C30H32N4O11/c31-3-5-43-6-4-34-14-17(32-33-34)1-2-19-21(36)9-16(10-22(19)37)30(42)45-27-13-20-23(38)11-18(35)12-26(20)44-29(27)15-7-24(39)28(41)25(40)8-15/h7-12,14,27,29,35-41H,1-6,13,31H2/t27-,29-/m1/s1. The van der Waals surface area contributed by atoms with Crippen molar-refractivity contribution in [3.8, 4) is 46.0 Å². The van der Waals surface area contributed by atoms with E-state index in [9.17, 15) is 40.5 Å². The summed E-state index contributed by atoms with van der Waals surface area (Å²) in [6, 6.07) is 6.83. The molecule has 5 rings (SSSR count). The van der Waals surface area contributed by atoms with Crippen molar-refractivity contribution in [3.05, 3.63) is 70.5 Å². The molecule has 1 aliphatic heterocycles. The van der Waals surface area contributed by atoms with Gasteiger partial charge in [0.05, 0.1) is 31.0 Å². The van der Waals surface area contributed by atoms with Gasteiger partial charge in [0.2, 0.25) is 0 Å². The first-order chi connectivity index (χ1) is 21.5. The highest BCUT2D eigenvalue weighted by atomic mass is 16.6. The van der Waals surface area contributed by atoms with E-state index in [1.807, 2.05) is 0 Å². The number of aryl methyl sites for hydroxylation is 1. The van der Waals surface area contributed by atoms with Gasteiger partial charge in [-0.2, -0.15) is 0 Å². The summed E-state index contributed by atoms with van der Waals surface area (Å²) < 4.78 is 18.6. The van der Waals surface area contributed by atoms with Gasteiger partial charge in [0.25, 0.3) is 0 Å². The zero-order valence-corrected chi connectivity index (χ0v) is 23.8. The quantitative estimate of drug-likeness (QED) is 0.0675. The molecule has 0 fully saturated rings. The van der Waals surface area contributed by atoms with Gasteiger partial charge in [-0.15, -0.1) is 5.10 Å². The smallest absolute Gasteiger partial charge is 0.338 e. The first kappa shape index (κ1) is 31.0. The largest absolute Gasteiger partial charge is 0.508 e. The van der Waals surface area contributed by atoms with Crippen LogP contribution in [-0.2, 0) is 35.3 Å². The Labute approximate surface area is 255 Å². The molecule has 0 unspecified atom stereocenters. The molecular formula is C30H32N4O11. The number of hydrogen-bond acceptors (Lipinski definition) is 14. The number of carbonyl (C=O) groups excluding carboxylic acids is 1. The van der Waals surface area contributed by atoms with Crippen molar-refractivity contribution in [2.75, 3.05) is 19.8 Å². The summed E-state index contributed by atoms with van der Waals surface area (Å²) >= 11 is 0. The lowest BCUT2D eigenvalue weighted by Gasteiger charge is -2.34. The van der Waals surface area contributed by atoms with Crippen molar-refractivity contribution < 1.29 is 54.8 Å². The van der Waals surface area contributed by atoms with Gasteiger partial charge in [0, 0.05) is 48.0 Å². The molecule has 0 bridgehead atoms. The Hall–Kier alpha value is -5.41. The molecule has 0 spiro atoms. The van der Waals surface area contributed by atoms with Gasteiger partial charge in [0.15, 0.2) is 23.4 Å². The summed E-state index contributed by atoms with van der Waals surface area (Å²) in [5.74, 6) is -4.29. The summed E-state index contributed by atoms with van der Waals surface area (Å²) in [5, 5.41) is 79.8. The minimum absolute atomic E-state index is 0.0662. The molecule has 4 aromatic rings. The molecule has 0 aliphatic carbocycles. The maximum absolute atomic E-state index is 13.3. The molecule has 0 radical (unpaired) electrons. The summed E-state index contributed by atoms with van der Waals surface area (Å²) in [5.41, 5.74) is 6.33. The molecule has 0 saturated carbocycles. The highest BCUT2D eigenvalue weighted by Crippen LogP contribution is 2.46. The third kappa shape index (κ3) is 6.89. The van der Waals surface area contributed by atoms with Gasteiger partial charge in [0.1, 0.15) is 34.9 Å². The number of nitrogens with two attached hydrogens (primary N) is 1. The van der Waals surface area contributed by atoms with E-state index in [1.54, 1.807) is 10.9 Å². The fourth-order valence-corrected chi connectivity index (χ4v) is 5.00. The Morgan fingerprint density at radius 1 is 0.911 bits per heavy atom. The number of nitrogens with zero attached hydrogens (tertiary/aromatic N) is 3. The second-order valence-electron chi connectivity index (χ2n) is 10.4. The molecule has 2 heterocycles. The van der Waals surface area contributed by atoms with E-state index >= 15 is 0 Å². The van der Waals surface area contributed by atoms with Crippen molar-refractivity contribution in [2.24, 2.45) is 5.73 Å². The highest BCUT2D eigenvalue weighted by molar-refractivity contribution is 5.91. The Kier molecular flexibility index (Phi) is 9.01. The number of carbonyl (C=O) groups is 1. The lowest BCUT2D eigenvalue weighted by atomic mass is 9.93. The molecule has 45 heavy (non-hydrogen) atoms. The Bertz CT molecular complexity index is 1660. The van der Waals surface area contributed by atoms with E-state index in [1.165, 1.54) is 6.07 Å². The zero-order valence-electron chi connectivity index (χ0n) is 23.8. The normalized spacial score (nSPS) is 15.8. The predicted molar refractivity (Wildman–Crippen MR) is 155 cm³/mol. The van der Waals surface area contributed by atoms with Crippen LogP contribution in [0.15, 0.2) is 42.6 Å². The van der Waals surface area contributed by atoms with Crippen molar-refractivity contribution in [1.29, 1.82) is 0 Å². The van der Waals surface area contributed by atoms with Crippen LogP contribution >= 0.6 is 0 Å². The average Bonchev–Trinajstić information content (AvgIpc) is 3.45. The predicted octanol–water partition coefficient (Wildman–Crippen LogP) is 1.88. The lowest BCUT2D eigenvalue weighted by Crippen LogP contribution is -2.34. The van der Waals surface area contributed by atoms with Crippen molar-refractivity contribution >= 4 is 5.97 Å². The number of fused-ring (bicyclic) bond motifs is 1. The van der Waals surface area contributed by atoms with Crippen LogP contribution in [0, 0.1) is 0 Å². The molecule has 2 atom stereocenters. The zero-order chi connectivity index (χ0) is 32.2. The van der Waals surface area contributed by atoms with Gasteiger partial charge in [-0.05, 0) is 37.1 Å². The topological polar surface area (TPSA) is 243 Å². The lowest BCUT2D eigenvalue weighted by molar-refractivity contribution is -0.0189. The van der Waals surface area contributed by atoms with Gasteiger partial charge < -0.3 is 55.7 Å². The summed E-state index contributed by atoms with van der Waals surface area (Å²) in [6.45, 7) is 1.76. The van der Waals surface area contributed by atoms with Gasteiger partial charge in [-0.1, -0.05) is 5.21 Å². The van der Waals surface area contributed by atoms with E-state index in [2.05, 4.69) is 10.3 Å². The fourth-order valence-electron chi connectivity index (χ4n) is 5.00. The van der Waals surface area contributed by atoms with Crippen LogP contribution in [-0.4, -0.2) is 82.6 Å². The van der Waals surface area contributed by atoms with E-state index in [-0.39, 0.29) is 63.8 Å². The molecule has 15 heteroatoms.